The Kier molecular flexibility index (Phi) is 13.6. The number of nitrogens with two attached hydrogens (primary N) is 2. The van der Waals surface area contributed by atoms with Crippen LogP contribution in [0.3, 0.4) is 0 Å². The van der Waals surface area contributed by atoms with Gasteiger partial charge in [0, 0.05) is 39.3 Å². The van der Waals surface area contributed by atoms with Crippen LogP contribution in [0.4, 0.5) is 0 Å². The second-order valence-electron chi connectivity index (χ2n) is 5.27. The monoisotopic (exact) mass is 332 g/mol. The molecule has 0 spiro atoms. The van der Waals surface area contributed by atoms with E-state index in [1.807, 2.05) is 0 Å². The minimum atomic E-state index is -0.224. The molecule has 0 fully saturated rings. The van der Waals surface area contributed by atoms with Crippen LogP contribution < -0.4 is 11.5 Å². The van der Waals surface area contributed by atoms with Gasteiger partial charge in [-0.15, -0.1) is 0 Å². The van der Waals surface area contributed by atoms with Crippen LogP contribution in [0.15, 0.2) is 0 Å². The number of hydrogen-bond acceptors (Lipinski definition) is 8. The number of nitrogens with zero attached hydrogens (tertiary/aromatic N) is 2. The second kappa shape index (κ2) is 14.4. The fourth-order valence-electron chi connectivity index (χ4n) is 2.15. The van der Waals surface area contributed by atoms with Gasteiger partial charge in [0.05, 0.1) is 27.1 Å². The van der Waals surface area contributed by atoms with Gasteiger partial charge in [-0.3, -0.25) is 9.59 Å². The molecule has 0 saturated heterocycles. The smallest absolute Gasteiger partial charge is 0.306 e. The molecule has 8 nitrogen and oxygen atoms in total. The Morgan fingerprint density at radius 1 is 0.739 bits per heavy atom. The Bertz CT molecular complexity index is 329. The first-order valence-electron chi connectivity index (χ1n) is 8.05. The van der Waals surface area contributed by atoms with E-state index in [1.165, 1.54) is 14.2 Å². The molecule has 0 aliphatic carbocycles. The molecule has 0 aromatic rings. The van der Waals surface area contributed by atoms with E-state index in [-0.39, 0.29) is 11.9 Å². The standard InChI is InChI=1S/C15H32N4O4/c1-22-14(20)4-9-18(8-3-6-16)12-13-19(11-7-17)10-5-15(21)23-2/h3-13,16-17H2,1-2H3. The Balaban J connectivity index is 4.31. The maximum Gasteiger partial charge on any atom is 0.306 e. The highest BCUT2D eigenvalue weighted by molar-refractivity contribution is 5.69. The van der Waals surface area contributed by atoms with Gasteiger partial charge in [0.15, 0.2) is 0 Å². The van der Waals surface area contributed by atoms with Crippen LogP contribution in [-0.4, -0.2) is 88.3 Å². The third kappa shape index (κ3) is 11.9. The SMILES string of the molecule is COC(=O)CCN(CCN)CCN(CCCN)CCC(=O)OC. The maximum atomic E-state index is 11.3. The molecule has 4 N–H and O–H groups in total. The van der Waals surface area contributed by atoms with Crippen LogP contribution in [-0.2, 0) is 19.1 Å². The van der Waals surface area contributed by atoms with Crippen LogP contribution in [0, 0.1) is 0 Å². The van der Waals surface area contributed by atoms with E-state index in [0.29, 0.717) is 39.0 Å². The topological polar surface area (TPSA) is 111 Å². The lowest BCUT2D eigenvalue weighted by Crippen LogP contribution is -2.40. The molecule has 0 aromatic heterocycles. The first-order valence-corrected chi connectivity index (χ1v) is 8.05. The first-order chi connectivity index (χ1) is 11.1. The summed E-state index contributed by atoms with van der Waals surface area (Å²) >= 11 is 0. The van der Waals surface area contributed by atoms with Crippen molar-refractivity contribution in [1.29, 1.82) is 0 Å². The number of ether oxygens (including phenoxy) is 2. The summed E-state index contributed by atoms with van der Waals surface area (Å²) in [6.07, 6.45) is 1.59. The van der Waals surface area contributed by atoms with Crippen LogP contribution in [0.1, 0.15) is 19.3 Å². The minimum absolute atomic E-state index is 0.216. The maximum absolute atomic E-state index is 11.3. The van der Waals surface area contributed by atoms with Crippen LogP contribution in [0.5, 0.6) is 0 Å². The van der Waals surface area contributed by atoms with E-state index >= 15 is 0 Å². The molecular formula is C15H32N4O4. The molecule has 0 heterocycles. The van der Waals surface area contributed by atoms with Crippen molar-refractivity contribution < 1.29 is 19.1 Å². The molecule has 23 heavy (non-hydrogen) atoms. The molecule has 0 unspecified atom stereocenters. The van der Waals surface area contributed by atoms with E-state index < -0.39 is 0 Å². The predicted octanol–water partition coefficient (Wildman–Crippen LogP) is -0.976. The fourth-order valence-corrected chi connectivity index (χ4v) is 2.15. The average molecular weight is 332 g/mol. The van der Waals surface area contributed by atoms with Crippen molar-refractivity contribution in [2.24, 2.45) is 11.5 Å². The summed E-state index contributed by atoms with van der Waals surface area (Å²) < 4.78 is 9.34. The van der Waals surface area contributed by atoms with Crippen molar-refractivity contribution >= 4 is 11.9 Å². The van der Waals surface area contributed by atoms with E-state index in [4.69, 9.17) is 11.5 Å². The summed E-state index contributed by atoms with van der Waals surface area (Å²) in [6, 6.07) is 0. The van der Waals surface area contributed by atoms with Crippen molar-refractivity contribution in [3.8, 4) is 0 Å². The summed E-state index contributed by atoms with van der Waals surface area (Å²) in [5, 5.41) is 0. The summed E-state index contributed by atoms with van der Waals surface area (Å²) in [7, 11) is 2.78. The Hall–Kier alpha value is -1.22. The lowest BCUT2D eigenvalue weighted by molar-refractivity contribution is -0.142. The van der Waals surface area contributed by atoms with Crippen molar-refractivity contribution in [2.75, 3.05) is 66.6 Å². The molecule has 0 bridgehead atoms. The van der Waals surface area contributed by atoms with Crippen molar-refractivity contribution in [3.63, 3.8) is 0 Å². The molecule has 0 atom stereocenters. The first kappa shape index (κ1) is 21.8. The molecule has 0 aliphatic rings. The van der Waals surface area contributed by atoms with Gasteiger partial charge in [-0.05, 0) is 19.5 Å². The van der Waals surface area contributed by atoms with Crippen molar-refractivity contribution in [3.05, 3.63) is 0 Å². The zero-order valence-corrected chi connectivity index (χ0v) is 14.5. The second-order valence-corrected chi connectivity index (χ2v) is 5.27. The van der Waals surface area contributed by atoms with Crippen LogP contribution in [0.25, 0.3) is 0 Å². The lowest BCUT2D eigenvalue weighted by atomic mass is 10.3. The molecular weight excluding hydrogens is 300 g/mol. The number of carbonyl (C=O) groups is 2. The van der Waals surface area contributed by atoms with E-state index in [1.54, 1.807) is 0 Å². The van der Waals surface area contributed by atoms with Crippen molar-refractivity contribution in [1.82, 2.24) is 9.80 Å². The van der Waals surface area contributed by atoms with Crippen molar-refractivity contribution in [2.45, 2.75) is 19.3 Å². The minimum Gasteiger partial charge on any atom is -0.469 e. The third-order valence-corrected chi connectivity index (χ3v) is 3.58. The number of rotatable bonds is 14. The molecule has 0 aliphatic heterocycles. The Morgan fingerprint density at radius 3 is 1.61 bits per heavy atom. The zero-order chi connectivity index (χ0) is 17.5. The summed E-state index contributed by atoms with van der Waals surface area (Å²) in [4.78, 5) is 26.9. The van der Waals surface area contributed by atoms with Gasteiger partial charge in [0.25, 0.3) is 0 Å². The summed E-state index contributed by atoms with van der Waals surface area (Å²) in [5.41, 5.74) is 11.2. The molecule has 0 radical (unpaired) electrons. The normalized spacial score (nSPS) is 11.0. The Labute approximate surface area is 139 Å². The van der Waals surface area contributed by atoms with Crippen LogP contribution in [0.2, 0.25) is 0 Å². The summed E-state index contributed by atoms with van der Waals surface area (Å²) in [6.45, 7) is 5.53. The van der Waals surface area contributed by atoms with E-state index in [2.05, 4.69) is 19.3 Å². The molecule has 136 valence electrons. The molecule has 0 rings (SSSR count). The zero-order valence-electron chi connectivity index (χ0n) is 14.5. The molecule has 0 amide bonds. The van der Waals surface area contributed by atoms with E-state index in [0.717, 1.165) is 32.6 Å². The largest absolute Gasteiger partial charge is 0.469 e. The molecule has 8 heteroatoms. The fraction of sp³-hybridized carbons (Fsp3) is 0.867. The Morgan fingerprint density at radius 2 is 1.22 bits per heavy atom. The van der Waals surface area contributed by atoms with Gasteiger partial charge in [-0.25, -0.2) is 0 Å². The number of hydrogen-bond donors (Lipinski definition) is 2. The summed E-state index contributed by atoms with van der Waals surface area (Å²) in [5.74, 6) is -0.440. The highest BCUT2D eigenvalue weighted by Gasteiger charge is 2.12. The van der Waals surface area contributed by atoms with Gasteiger partial charge >= 0.3 is 11.9 Å². The predicted molar refractivity (Wildman–Crippen MR) is 88.9 cm³/mol. The quantitative estimate of drug-likeness (QED) is 0.391. The average Bonchev–Trinajstić information content (AvgIpc) is 2.57. The molecule has 0 aromatic carbocycles. The number of methoxy groups -OCH3 is 2. The number of esters is 2. The van der Waals surface area contributed by atoms with E-state index in [9.17, 15) is 9.59 Å². The highest BCUT2D eigenvalue weighted by Crippen LogP contribution is 1.99. The lowest BCUT2D eigenvalue weighted by Gasteiger charge is -2.27. The van der Waals surface area contributed by atoms with Gasteiger partial charge in [-0.2, -0.15) is 0 Å². The van der Waals surface area contributed by atoms with Gasteiger partial charge in [0.1, 0.15) is 0 Å². The molecule has 0 saturated carbocycles. The van der Waals surface area contributed by atoms with Gasteiger partial charge < -0.3 is 30.7 Å². The number of carbonyl (C=O) groups excluding carboxylic acids is 2. The third-order valence-electron chi connectivity index (χ3n) is 3.58. The van der Waals surface area contributed by atoms with Gasteiger partial charge in [0.2, 0.25) is 0 Å². The van der Waals surface area contributed by atoms with Crippen LogP contribution >= 0.6 is 0 Å². The highest BCUT2D eigenvalue weighted by atomic mass is 16.5. The van der Waals surface area contributed by atoms with Gasteiger partial charge in [-0.1, -0.05) is 0 Å².